The van der Waals surface area contributed by atoms with E-state index < -0.39 is 0 Å². The van der Waals surface area contributed by atoms with Gasteiger partial charge in [0.25, 0.3) is 0 Å². The molecule has 4 nitrogen and oxygen atoms in total. The predicted octanol–water partition coefficient (Wildman–Crippen LogP) is 3.93. The number of hydrogen-bond donors (Lipinski definition) is 2. The Morgan fingerprint density at radius 2 is 1.91 bits per heavy atom. The number of Topliss-reactive ketones (excluding diaryl/α,β-unsaturated/α-hetero) is 1. The fraction of sp³-hybridized carbons (Fsp3) is 0.118. The Balaban J connectivity index is 1.72. The van der Waals surface area contributed by atoms with Crippen molar-refractivity contribution in [2.24, 2.45) is 5.10 Å². The van der Waals surface area contributed by atoms with Gasteiger partial charge < -0.3 is 5.32 Å². The lowest BCUT2D eigenvalue weighted by Gasteiger charge is -2.11. The number of ketones is 1. The molecule has 0 unspecified atom stereocenters. The van der Waals surface area contributed by atoms with Crippen molar-refractivity contribution in [2.45, 2.75) is 13.3 Å². The predicted molar refractivity (Wildman–Crippen MR) is 97.5 cm³/mol. The third-order valence-electron chi connectivity index (χ3n) is 3.67. The number of thiocarbonyl (C=S) groups is 1. The van der Waals surface area contributed by atoms with Crippen LogP contribution in [0.25, 0.3) is 0 Å². The van der Waals surface area contributed by atoms with Crippen molar-refractivity contribution in [3.8, 4) is 0 Å². The van der Waals surface area contributed by atoms with E-state index in [1.54, 1.807) is 0 Å². The van der Waals surface area contributed by atoms with Gasteiger partial charge in [-0.2, -0.15) is 5.10 Å². The monoisotopic (exact) mass is 343 g/mol. The Bertz CT molecular complexity index is 832. The smallest absolute Gasteiger partial charge is 0.191 e. The van der Waals surface area contributed by atoms with Gasteiger partial charge in [-0.05, 0) is 36.8 Å². The number of carbonyl (C=O) groups is 1. The molecule has 0 amide bonds. The molecule has 0 bridgehead atoms. The van der Waals surface area contributed by atoms with Crippen LogP contribution in [-0.2, 0) is 0 Å². The normalized spacial score (nSPS) is 14.7. The quantitative estimate of drug-likeness (QED) is 0.641. The number of hydrogen-bond acceptors (Lipinski definition) is 3. The Morgan fingerprint density at radius 1 is 1.17 bits per heavy atom. The van der Waals surface area contributed by atoms with Crippen LogP contribution in [0.1, 0.15) is 27.9 Å². The van der Waals surface area contributed by atoms with E-state index in [1.807, 2.05) is 49.4 Å². The van der Waals surface area contributed by atoms with Gasteiger partial charge in [-0.1, -0.05) is 41.9 Å². The van der Waals surface area contributed by atoms with E-state index in [2.05, 4.69) is 15.8 Å². The first-order chi connectivity index (χ1) is 11.1. The highest BCUT2D eigenvalue weighted by Gasteiger charge is 2.24. The average Bonchev–Trinajstić information content (AvgIpc) is 2.87. The number of halogens is 1. The number of anilines is 1. The summed E-state index contributed by atoms with van der Waals surface area (Å²) in [6, 6.07) is 13.0. The molecule has 1 aliphatic carbocycles. The average molecular weight is 344 g/mol. The summed E-state index contributed by atoms with van der Waals surface area (Å²) in [6.45, 7) is 1.91. The molecule has 2 aromatic carbocycles. The summed E-state index contributed by atoms with van der Waals surface area (Å²) < 4.78 is 0. The molecule has 116 valence electrons. The highest BCUT2D eigenvalue weighted by molar-refractivity contribution is 7.80. The summed E-state index contributed by atoms with van der Waals surface area (Å²) in [5.74, 6) is 0.0747. The van der Waals surface area contributed by atoms with Gasteiger partial charge in [-0.15, -0.1) is 0 Å². The lowest BCUT2D eigenvalue weighted by molar-refractivity contribution is 0.101. The Morgan fingerprint density at radius 3 is 2.70 bits per heavy atom. The zero-order chi connectivity index (χ0) is 16.4. The first-order valence-corrected chi connectivity index (χ1v) is 7.86. The molecular weight excluding hydrogens is 330 g/mol. The van der Waals surface area contributed by atoms with Crippen LogP contribution in [0, 0.1) is 6.92 Å². The molecule has 0 aromatic heterocycles. The van der Waals surface area contributed by atoms with E-state index in [0.717, 1.165) is 16.8 Å². The van der Waals surface area contributed by atoms with Gasteiger partial charge in [-0.3, -0.25) is 10.2 Å². The van der Waals surface area contributed by atoms with Crippen molar-refractivity contribution in [1.82, 2.24) is 5.43 Å². The van der Waals surface area contributed by atoms with Crippen molar-refractivity contribution >= 4 is 46.1 Å². The zero-order valence-electron chi connectivity index (χ0n) is 12.4. The molecule has 2 aromatic rings. The number of nitrogens with zero attached hydrogens (tertiary/aromatic N) is 1. The highest BCUT2D eigenvalue weighted by Crippen LogP contribution is 2.23. The fourth-order valence-electron chi connectivity index (χ4n) is 2.43. The second kappa shape index (κ2) is 6.48. The minimum Gasteiger partial charge on any atom is -0.331 e. The summed E-state index contributed by atoms with van der Waals surface area (Å²) >= 11 is 11.3. The molecule has 0 atom stereocenters. The van der Waals surface area contributed by atoms with E-state index in [9.17, 15) is 4.79 Å². The number of rotatable bonds is 2. The lowest BCUT2D eigenvalue weighted by Crippen LogP contribution is -2.25. The third-order valence-corrected chi connectivity index (χ3v) is 4.28. The number of hydrazone groups is 1. The molecule has 0 spiro atoms. The van der Waals surface area contributed by atoms with Crippen LogP contribution in [-0.4, -0.2) is 16.6 Å². The first kappa shape index (κ1) is 15.6. The second-order valence-electron chi connectivity index (χ2n) is 5.18. The number of carbonyl (C=O) groups excluding carboxylic acids is 1. The Labute approximate surface area is 144 Å². The Kier molecular flexibility index (Phi) is 4.41. The van der Waals surface area contributed by atoms with Crippen LogP contribution >= 0.6 is 23.8 Å². The number of fused-ring (bicyclic) bond motifs is 1. The van der Waals surface area contributed by atoms with Gasteiger partial charge >= 0.3 is 0 Å². The van der Waals surface area contributed by atoms with E-state index in [4.69, 9.17) is 23.8 Å². The summed E-state index contributed by atoms with van der Waals surface area (Å²) in [5.41, 5.74) is 6.77. The molecule has 0 fully saturated rings. The molecule has 1 aliphatic rings. The van der Waals surface area contributed by atoms with Crippen molar-refractivity contribution in [3.05, 3.63) is 64.2 Å². The molecule has 0 saturated carbocycles. The lowest BCUT2D eigenvalue weighted by atomic mass is 10.1. The zero-order valence-corrected chi connectivity index (χ0v) is 14.0. The van der Waals surface area contributed by atoms with E-state index in [1.165, 1.54) is 0 Å². The van der Waals surface area contributed by atoms with E-state index >= 15 is 0 Å². The van der Waals surface area contributed by atoms with Crippen molar-refractivity contribution in [3.63, 3.8) is 0 Å². The highest BCUT2D eigenvalue weighted by atomic mass is 35.5. The maximum atomic E-state index is 11.9. The maximum absolute atomic E-state index is 11.9. The van der Waals surface area contributed by atoms with E-state index in [0.29, 0.717) is 21.4 Å². The van der Waals surface area contributed by atoms with Crippen LogP contribution in [0.15, 0.2) is 47.6 Å². The van der Waals surface area contributed by atoms with Crippen LogP contribution in [0.2, 0.25) is 5.02 Å². The maximum Gasteiger partial charge on any atom is 0.191 e. The van der Waals surface area contributed by atoms with Crippen LogP contribution < -0.4 is 10.7 Å². The minimum absolute atomic E-state index is 0.0747. The van der Waals surface area contributed by atoms with E-state index in [-0.39, 0.29) is 12.2 Å². The van der Waals surface area contributed by atoms with Gasteiger partial charge in [-0.25, -0.2) is 0 Å². The van der Waals surface area contributed by atoms with Gasteiger partial charge in [0.15, 0.2) is 10.9 Å². The molecule has 6 heteroatoms. The summed E-state index contributed by atoms with van der Waals surface area (Å²) in [6.07, 6.45) is 0.283. The largest absolute Gasteiger partial charge is 0.331 e. The molecule has 0 radical (unpaired) electrons. The second-order valence-corrected chi connectivity index (χ2v) is 6.00. The topological polar surface area (TPSA) is 53.5 Å². The number of benzene rings is 2. The molecule has 0 aliphatic heterocycles. The molecular formula is C17H14ClN3OS. The van der Waals surface area contributed by atoms with Crippen molar-refractivity contribution in [1.29, 1.82) is 0 Å². The third kappa shape index (κ3) is 3.25. The summed E-state index contributed by atoms with van der Waals surface area (Å²) in [7, 11) is 0. The van der Waals surface area contributed by atoms with Gasteiger partial charge in [0.1, 0.15) is 0 Å². The minimum atomic E-state index is 0.0747. The molecule has 23 heavy (non-hydrogen) atoms. The van der Waals surface area contributed by atoms with Crippen LogP contribution in [0.5, 0.6) is 0 Å². The standard InChI is InChI=1S/C17H14ClN3OS/c1-10-13(18)7-4-8-14(10)19-17(23)21-20-15-9-16(22)12-6-3-2-5-11(12)15/h2-8H,9H2,1H3,(H2,19,21,23)/b20-15+. The van der Waals surface area contributed by atoms with Gasteiger partial charge in [0, 0.05) is 21.8 Å². The SMILES string of the molecule is Cc1c(Cl)cccc1NC(=S)N/N=C1\CC(=O)c2ccccc21. The Hall–Kier alpha value is -2.24. The van der Waals surface area contributed by atoms with Crippen LogP contribution in [0.3, 0.4) is 0 Å². The molecule has 0 heterocycles. The molecule has 2 N–H and O–H groups in total. The van der Waals surface area contributed by atoms with Gasteiger partial charge in [0.2, 0.25) is 0 Å². The van der Waals surface area contributed by atoms with Crippen molar-refractivity contribution in [2.75, 3.05) is 5.32 Å². The fourth-order valence-corrected chi connectivity index (χ4v) is 2.76. The molecule has 3 rings (SSSR count). The summed E-state index contributed by atoms with van der Waals surface area (Å²) in [4.78, 5) is 11.9. The van der Waals surface area contributed by atoms with Crippen molar-refractivity contribution < 1.29 is 4.79 Å². The van der Waals surface area contributed by atoms with Crippen LogP contribution in [0.4, 0.5) is 5.69 Å². The summed E-state index contributed by atoms with van der Waals surface area (Å²) in [5, 5.41) is 8.34. The first-order valence-electron chi connectivity index (χ1n) is 7.07. The molecule has 0 saturated heterocycles. The number of nitrogens with one attached hydrogen (secondary N) is 2. The van der Waals surface area contributed by atoms with Gasteiger partial charge in [0.05, 0.1) is 12.1 Å².